The maximum absolute atomic E-state index is 11.4. The Labute approximate surface area is 242 Å². The lowest BCUT2D eigenvalue weighted by Crippen LogP contribution is -2.32. The first-order valence-corrected chi connectivity index (χ1v) is 15.5. The first-order chi connectivity index (χ1) is 19.5. The van der Waals surface area contributed by atoms with Crippen molar-refractivity contribution < 1.29 is 33.6 Å². The third-order valence-corrected chi connectivity index (χ3v) is 8.34. The molecule has 0 radical (unpaired) electrons. The Morgan fingerprint density at radius 1 is 1.10 bits per heavy atom. The van der Waals surface area contributed by atoms with Crippen LogP contribution in [0, 0.1) is 29.6 Å². The van der Waals surface area contributed by atoms with Crippen LogP contribution in [0.1, 0.15) is 97.3 Å². The fourth-order valence-electron chi connectivity index (χ4n) is 5.87. The van der Waals surface area contributed by atoms with Crippen molar-refractivity contribution >= 4 is 5.97 Å². The van der Waals surface area contributed by atoms with E-state index in [0.29, 0.717) is 12.8 Å². The molecule has 0 bridgehead atoms. The van der Waals surface area contributed by atoms with Gasteiger partial charge in [-0.1, -0.05) is 31.2 Å². The van der Waals surface area contributed by atoms with Crippen molar-refractivity contribution in [2.75, 3.05) is 20.3 Å². The minimum absolute atomic E-state index is 0.0366. The summed E-state index contributed by atoms with van der Waals surface area (Å²) >= 11 is 0. The number of allylic oxidation sites excluding steroid dienone is 2. The van der Waals surface area contributed by atoms with Gasteiger partial charge in [0.15, 0.2) is 12.6 Å². The zero-order valence-electron chi connectivity index (χ0n) is 24.9. The molecule has 226 valence electrons. The van der Waals surface area contributed by atoms with Gasteiger partial charge in [-0.15, -0.1) is 11.8 Å². The molecule has 8 atom stereocenters. The highest BCUT2D eigenvalue weighted by Gasteiger charge is 2.42. The smallest absolute Gasteiger partial charge is 0.305 e. The quantitative estimate of drug-likeness (QED) is 0.112. The standard InChI is InChI=1S/C33H52O7/c1-4-5-8-15-25(2)29(39-32-18-11-13-22-37-32)21-20-27-26(16-9-6-7-10-17-31(35)36-3)28(34)24-30(27)40-33-19-12-14-23-38-33/h6,9,20-21,25-30,32-34H,7-8,10-19,22-24H2,1-3H3/b9-6-,21-20+/t25?,26-,27-,28+,29-,30-,32?,33?/m1/s1. The van der Waals surface area contributed by atoms with Gasteiger partial charge in [-0.3, -0.25) is 4.79 Å². The van der Waals surface area contributed by atoms with Crippen LogP contribution in [0.2, 0.25) is 0 Å². The molecule has 3 unspecified atom stereocenters. The van der Waals surface area contributed by atoms with E-state index in [0.717, 1.165) is 83.8 Å². The highest BCUT2D eigenvalue weighted by atomic mass is 16.7. The van der Waals surface area contributed by atoms with Crippen LogP contribution in [0.3, 0.4) is 0 Å². The topological polar surface area (TPSA) is 83.5 Å². The molecule has 1 N–H and O–H groups in total. The largest absolute Gasteiger partial charge is 0.469 e. The maximum atomic E-state index is 11.4. The number of rotatable bonds is 15. The van der Waals surface area contributed by atoms with E-state index in [1.54, 1.807) is 0 Å². The molecule has 2 aliphatic heterocycles. The van der Waals surface area contributed by atoms with Gasteiger partial charge in [0, 0.05) is 38.4 Å². The number of aliphatic hydroxyl groups excluding tert-OH is 1. The lowest BCUT2D eigenvalue weighted by atomic mass is 9.88. The molecule has 0 aromatic heterocycles. The zero-order chi connectivity index (χ0) is 28.6. The van der Waals surface area contributed by atoms with Gasteiger partial charge in [0.25, 0.3) is 0 Å². The SMILES string of the molecule is CC#CCCC(C)[C@@H](/C=C/[C@@H]1[C@@H](C/C=C\CCCC(=O)OC)[C@@H](O)C[C@H]1OC1CCCCO1)OC1CCCCO1. The molecule has 2 heterocycles. The number of carbonyl (C=O) groups is 1. The number of methoxy groups -OCH3 is 1. The first-order valence-electron chi connectivity index (χ1n) is 15.5. The summed E-state index contributed by atoms with van der Waals surface area (Å²) in [5.74, 6) is 6.36. The van der Waals surface area contributed by atoms with Gasteiger partial charge in [-0.25, -0.2) is 0 Å². The molecular weight excluding hydrogens is 508 g/mol. The summed E-state index contributed by atoms with van der Waals surface area (Å²) in [6.45, 7) is 5.57. The Hall–Kier alpha value is -1.69. The van der Waals surface area contributed by atoms with Crippen molar-refractivity contribution in [3.8, 4) is 11.8 Å². The highest BCUT2D eigenvalue weighted by molar-refractivity contribution is 5.69. The molecular formula is C33H52O7. The van der Waals surface area contributed by atoms with Gasteiger partial charge >= 0.3 is 5.97 Å². The molecule has 3 aliphatic rings. The Kier molecular flexibility index (Phi) is 15.3. The Balaban J connectivity index is 1.71. The van der Waals surface area contributed by atoms with Gasteiger partial charge in [0.05, 0.1) is 25.4 Å². The second-order valence-electron chi connectivity index (χ2n) is 11.4. The Morgan fingerprint density at radius 2 is 1.85 bits per heavy atom. The van der Waals surface area contributed by atoms with E-state index in [1.807, 2.05) is 6.92 Å². The number of ether oxygens (including phenoxy) is 5. The van der Waals surface area contributed by atoms with Gasteiger partial charge < -0.3 is 28.8 Å². The fourth-order valence-corrected chi connectivity index (χ4v) is 5.87. The van der Waals surface area contributed by atoms with Crippen LogP contribution in [-0.4, -0.2) is 62.3 Å². The zero-order valence-corrected chi connectivity index (χ0v) is 24.9. The fraction of sp³-hybridized carbons (Fsp3) is 0.788. The van der Waals surface area contributed by atoms with E-state index >= 15 is 0 Å². The Bertz CT molecular complexity index is 831. The summed E-state index contributed by atoms with van der Waals surface area (Å²) in [7, 11) is 1.42. The van der Waals surface area contributed by atoms with Gasteiger partial charge in [0.1, 0.15) is 0 Å². The van der Waals surface area contributed by atoms with Crippen LogP contribution < -0.4 is 0 Å². The average Bonchev–Trinajstić information content (AvgIpc) is 3.26. The van der Waals surface area contributed by atoms with E-state index in [1.165, 1.54) is 7.11 Å². The Morgan fingerprint density at radius 3 is 2.52 bits per heavy atom. The number of carbonyl (C=O) groups excluding carboxylic acids is 1. The number of hydrogen-bond donors (Lipinski definition) is 1. The molecule has 0 aromatic carbocycles. The predicted molar refractivity (Wildman–Crippen MR) is 155 cm³/mol. The summed E-state index contributed by atoms with van der Waals surface area (Å²) in [6.07, 6.45) is 18.9. The van der Waals surface area contributed by atoms with Crippen molar-refractivity contribution in [1.29, 1.82) is 0 Å². The van der Waals surface area contributed by atoms with E-state index in [9.17, 15) is 9.90 Å². The van der Waals surface area contributed by atoms with E-state index in [4.69, 9.17) is 23.7 Å². The minimum atomic E-state index is -0.457. The molecule has 3 rings (SSSR count). The monoisotopic (exact) mass is 560 g/mol. The second-order valence-corrected chi connectivity index (χ2v) is 11.4. The van der Waals surface area contributed by atoms with Crippen molar-refractivity contribution in [1.82, 2.24) is 0 Å². The van der Waals surface area contributed by atoms with E-state index in [2.05, 4.69) is 43.1 Å². The molecule has 0 spiro atoms. The molecule has 0 aromatic rings. The number of unbranched alkanes of at least 4 members (excludes halogenated alkanes) is 1. The van der Waals surface area contributed by atoms with Gasteiger partial charge in [0.2, 0.25) is 0 Å². The molecule has 7 heteroatoms. The van der Waals surface area contributed by atoms with Crippen molar-refractivity contribution in [2.45, 2.75) is 128 Å². The highest BCUT2D eigenvalue weighted by Crippen LogP contribution is 2.40. The van der Waals surface area contributed by atoms with Crippen LogP contribution in [0.5, 0.6) is 0 Å². The van der Waals surface area contributed by atoms with Crippen LogP contribution >= 0.6 is 0 Å². The summed E-state index contributed by atoms with van der Waals surface area (Å²) in [4.78, 5) is 11.4. The summed E-state index contributed by atoms with van der Waals surface area (Å²) < 4.78 is 29.5. The van der Waals surface area contributed by atoms with E-state index < -0.39 is 6.10 Å². The van der Waals surface area contributed by atoms with Crippen LogP contribution in [-0.2, 0) is 28.5 Å². The number of hydrogen-bond acceptors (Lipinski definition) is 7. The van der Waals surface area contributed by atoms with E-state index in [-0.39, 0.29) is 48.5 Å². The van der Waals surface area contributed by atoms with Crippen molar-refractivity contribution in [3.05, 3.63) is 24.3 Å². The molecule has 1 saturated carbocycles. The summed E-state index contributed by atoms with van der Waals surface area (Å²) in [6, 6.07) is 0. The molecule has 40 heavy (non-hydrogen) atoms. The predicted octanol–water partition coefficient (Wildman–Crippen LogP) is 6.09. The molecule has 0 amide bonds. The molecule has 1 aliphatic carbocycles. The number of aliphatic hydroxyl groups is 1. The third kappa shape index (κ3) is 11.3. The van der Waals surface area contributed by atoms with Crippen LogP contribution in [0.25, 0.3) is 0 Å². The summed E-state index contributed by atoms with van der Waals surface area (Å²) in [5, 5.41) is 11.1. The lowest BCUT2D eigenvalue weighted by Gasteiger charge is -2.31. The second kappa shape index (κ2) is 18.7. The summed E-state index contributed by atoms with van der Waals surface area (Å²) in [5.41, 5.74) is 0. The first kappa shape index (κ1) is 32.8. The van der Waals surface area contributed by atoms with Gasteiger partial charge in [-0.2, -0.15) is 0 Å². The van der Waals surface area contributed by atoms with Crippen LogP contribution in [0.4, 0.5) is 0 Å². The maximum Gasteiger partial charge on any atom is 0.305 e. The van der Waals surface area contributed by atoms with Crippen molar-refractivity contribution in [3.63, 3.8) is 0 Å². The lowest BCUT2D eigenvalue weighted by molar-refractivity contribution is -0.193. The number of esters is 1. The van der Waals surface area contributed by atoms with Crippen molar-refractivity contribution in [2.24, 2.45) is 17.8 Å². The average molecular weight is 561 g/mol. The minimum Gasteiger partial charge on any atom is -0.469 e. The molecule has 3 fully saturated rings. The normalized spacial score (nSPS) is 30.7. The third-order valence-electron chi connectivity index (χ3n) is 8.34. The van der Waals surface area contributed by atoms with Gasteiger partial charge in [-0.05, 0) is 83.0 Å². The molecule has 7 nitrogen and oxygen atoms in total. The molecule has 2 saturated heterocycles. The van der Waals surface area contributed by atoms with Crippen LogP contribution in [0.15, 0.2) is 24.3 Å².